The average molecular weight is 296 g/mol. The summed E-state index contributed by atoms with van der Waals surface area (Å²) in [4.78, 5) is 16.9. The van der Waals surface area contributed by atoms with Gasteiger partial charge in [-0.05, 0) is 18.2 Å². The minimum Gasteiger partial charge on any atom is -0.321 e. The summed E-state index contributed by atoms with van der Waals surface area (Å²) in [5.74, 6) is -0.888. The van der Waals surface area contributed by atoms with Gasteiger partial charge >= 0.3 is 0 Å². The van der Waals surface area contributed by atoms with Gasteiger partial charge in [0.25, 0.3) is 5.91 Å². The van der Waals surface area contributed by atoms with Crippen LogP contribution >= 0.6 is 22.9 Å². The van der Waals surface area contributed by atoms with Crippen molar-refractivity contribution in [2.75, 3.05) is 5.32 Å². The number of halogens is 2. The highest BCUT2D eigenvalue weighted by molar-refractivity contribution is 7.15. The number of hydrogen-bond donors (Lipinski definition) is 1. The van der Waals surface area contributed by atoms with Gasteiger partial charge in [0, 0.05) is 23.5 Å². The highest BCUT2D eigenvalue weighted by Gasteiger charge is 2.12. The second kappa shape index (κ2) is 4.64. The second-order valence-corrected chi connectivity index (χ2v) is 5.08. The zero-order valence-corrected chi connectivity index (χ0v) is 11.0. The lowest BCUT2D eigenvalue weighted by atomic mass is 10.3. The van der Waals surface area contributed by atoms with Crippen molar-refractivity contribution in [3.05, 3.63) is 52.5 Å². The third-order valence-corrected chi connectivity index (χ3v) is 3.56. The molecule has 1 amide bonds. The Labute approximate surface area is 116 Å². The van der Waals surface area contributed by atoms with Crippen LogP contribution < -0.4 is 5.32 Å². The highest BCUT2D eigenvalue weighted by Crippen LogP contribution is 2.20. The number of aromatic nitrogens is 2. The Morgan fingerprint density at radius 3 is 3.05 bits per heavy atom. The van der Waals surface area contributed by atoms with E-state index in [0.717, 1.165) is 4.96 Å². The van der Waals surface area contributed by atoms with E-state index in [4.69, 9.17) is 11.6 Å². The Balaban J connectivity index is 1.84. The number of carbonyl (C=O) groups is 1. The van der Waals surface area contributed by atoms with E-state index in [1.807, 2.05) is 11.6 Å². The molecule has 3 rings (SSSR count). The molecule has 0 aliphatic heterocycles. The zero-order chi connectivity index (χ0) is 13.4. The number of nitrogens with zero attached hydrogens (tertiary/aromatic N) is 2. The summed E-state index contributed by atoms with van der Waals surface area (Å²) in [5, 5.41) is 4.46. The van der Waals surface area contributed by atoms with Crippen LogP contribution in [-0.2, 0) is 0 Å². The van der Waals surface area contributed by atoms with Crippen molar-refractivity contribution in [3.63, 3.8) is 0 Å². The van der Waals surface area contributed by atoms with E-state index < -0.39 is 5.82 Å². The van der Waals surface area contributed by atoms with Crippen LogP contribution in [0.2, 0.25) is 5.02 Å². The molecule has 0 saturated heterocycles. The van der Waals surface area contributed by atoms with Gasteiger partial charge in [0.05, 0.1) is 5.02 Å². The first kappa shape index (κ1) is 12.1. The lowest BCUT2D eigenvalue weighted by molar-refractivity contribution is 0.102. The van der Waals surface area contributed by atoms with Gasteiger partial charge in [0.15, 0.2) is 4.96 Å². The predicted octanol–water partition coefficient (Wildman–Crippen LogP) is 3.44. The van der Waals surface area contributed by atoms with E-state index in [9.17, 15) is 9.18 Å². The maximum atomic E-state index is 13.0. The molecule has 0 unspecified atom stereocenters. The summed E-state index contributed by atoms with van der Waals surface area (Å²) < 4.78 is 14.8. The maximum Gasteiger partial charge on any atom is 0.275 e. The van der Waals surface area contributed by atoms with E-state index in [-0.39, 0.29) is 10.9 Å². The fraction of sp³-hybridized carbons (Fsp3) is 0. The normalized spacial score (nSPS) is 10.8. The third-order valence-electron chi connectivity index (χ3n) is 2.50. The molecule has 2 aromatic heterocycles. The molecule has 0 saturated carbocycles. The summed E-state index contributed by atoms with van der Waals surface area (Å²) in [6.45, 7) is 0. The van der Waals surface area contributed by atoms with Crippen molar-refractivity contribution in [2.45, 2.75) is 0 Å². The van der Waals surface area contributed by atoms with Crippen LogP contribution in [0, 0.1) is 5.82 Å². The number of thiazole rings is 1. The summed E-state index contributed by atoms with van der Waals surface area (Å²) >= 11 is 7.08. The van der Waals surface area contributed by atoms with Crippen molar-refractivity contribution in [3.8, 4) is 0 Å². The number of fused-ring (bicyclic) bond motifs is 1. The first-order valence-electron chi connectivity index (χ1n) is 5.32. The van der Waals surface area contributed by atoms with E-state index in [2.05, 4.69) is 10.3 Å². The van der Waals surface area contributed by atoms with Gasteiger partial charge in [-0.15, -0.1) is 11.3 Å². The number of rotatable bonds is 2. The van der Waals surface area contributed by atoms with Crippen molar-refractivity contribution in [2.24, 2.45) is 0 Å². The SMILES string of the molecule is O=C(Nc1ccc(F)c(Cl)c1)c1cn2ccsc2n1. The zero-order valence-electron chi connectivity index (χ0n) is 9.43. The van der Waals surface area contributed by atoms with Crippen molar-refractivity contribution in [1.82, 2.24) is 9.38 Å². The molecule has 4 nitrogen and oxygen atoms in total. The van der Waals surface area contributed by atoms with E-state index in [1.165, 1.54) is 29.5 Å². The predicted molar refractivity (Wildman–Crippen MR) is 72.4 cm³/mol. The highest BCUT2D eigenvalue weighted by atomic mass is 35.5. The molecular formula is C12H7ClFN3OS. The molecule has 0 fully saturated rings. The molecule has 1 aromatic carbocycles. The largest absolute Gasteiger partial charge is 0.321 e. The van der Waals surface area contributed by atoms with Crippen molar-refractivity contribution in [1.29, 1.82) is 0 Å². The molecule has 19 heavy (non-hydrogen) atoms. The van der Waals surface area contributed by atoms with Gasteiger partial charge in [-0.2, -0.15) is 0 Å². The maximum absolute atomic E-state index is 13.0. The molecule has 96 valence electrons. The second-order valence-electron chi connectivity index (χ2n) is 3.80. The van der Waals surface area contributed by atoms with E-state index in [0.29, 0.717) is 11.4 Å². The number of benzene rings is 1. The first-order valence-corrected chi connectivity index (χ1v) is 6.58. The minimum absolute atomic E-state index is 0.0383. The summed E-state index contributed by atoms with van der Waals surface area (Å²) in [7, 11) is 0. The summed E-state index contributed by atoms with van der Waals surface area (Å²) in [5.41, 5.74) is 0.722. The topological polar surface area (TPSA) is 46.4 Å². The van der Waals surface area contributed by atoms with Crippen LogP contribution in [0.25, 0.3) is 4.96 Å². The number of imidazole rings is 1. The average Bonchev–Trinajstić information content (AvgIpc) is 2.94. The Morgan fingerprint density at radius 1 is 1.47 bits per heavy atom. The summed E-state index contributed by atoms with van der Waals surface area (Å²) in [6, 6.07) is 3.99. The number of nitrogens with one attached hydrogen (secondary N) is 1. The molecule has 3 aromatic rings. The standard InChI is InChI=1S/C12H7ClFN3OS/c13-8-5-7(1-2-9(8)14)15-11(18)10-6-17-3-4-19-12(17)16-10/h1-6H,(H,15,18). The minimum atomic E-state index is -0.526. The number of carbonyl (C=O) groups excluding carboxylic acids is 1. The molecule has 0 aliphatic rings. The number of hydrogen-bond acceptors (Lipinski definition) is 3. The molecular weight excluding hydrogens is 289 g/mol. The van der Waals surface area contributed by atoms with Gasteiger partial charge in [-0.1, -0.05) is 11.6 Å². The first-order chi connectivity index (χ1) is 9.13. The Kier molecular flexibility index (Phi) is 2.96. The molecule has 0 spiro atoms. The van der Waals surface area contributed by atoms with Crippen LogP contribution in [0.5, 0.6) is 0 Å². The fourth-order valence-corrected chi connectivity index (χ4v) is 2.49. The van der Waals surface area contributed by atoms with Gasteiger partial charge in [0.1, 0.15) is 11.5 Å². The molecule has 0 radical (unpaired) electrons. The van der Waals surface area contributed by atoms with Gasteiger partial charge in [-0.3, -0.25) is 9.20 Å². The third kappa shape index (κ3) is 2.32. The van der Waals surface area contributed by atoms with Crippen LogP contribution in [-0.4, -0.2) is 15.3 Å². The fourth-order valence-electron chi connectivity index (χ4n) is 1.61. The monoisotopic (exact) mass is 295 g/mol. The summed E-state index contributed by atoms with van der Waals surface area (Å²) in [6.07, 6.45) is 3.45. The van der Waals surface area contributed by atoms with Gasteiger partial charge in [-0.25, -0.2) is 9.37 Å². The van der Waals surface area contributed by atoms with Crippen molar-refractivity contribution < 1.29 is 9.18 Å². The van der Waals surface area contributed by atoms with Crippen LogP contribution in [0.3, 0.4) is 0 Å². The van der Waals surface area contributed by atoms with Gasteiger partial charge < -0.3 is 5.32 Å². The quantitative estimate of drug-likeness (QED) is 0.787. The molecule has 7 heteroatoms. The molecule has 2 heterocycles. The Morgan fingerprint density at radius 2 is 2.32 bits per heavy atom. The molecule has 1 N–H and O–H groups in total. The van der Waals surface area contributed by atoms with Crippen LogP contribution in [0.4, 0.5) is 10.1 Å². The Bertz CT molecular complexity index is 739. The number of anilines is 1. The Hall–Kier alpha value is -1.92. The smallest absolute Gasteiger partial charge is 0.275 e. The molecule has 0 atom stereocenters. The van der Waals surface area contributed by atoms with Crippen molar-refractivity contribution >= 4 is 39.5 Å². The lowest BCUT2D eigenvalue weighted by Crippen LogP contribution is -2.12. The van der Waals surface area contributed by atoms with E-state index >= 15 is 0 Å². The number of amides is 1. The van der Waals surface area contributed by atoms with Crippen LogP contribution in [0.1, 0.15) is 10.5 Å². The lowest BCUT2D eigenvalue weighted by Gasteiger charge is -2.03. The molecule has 0 aliphatic carbocycles. The van der Waals surface area contributed by atoms with E-state index in [1.54, 1.807) is 10.6 Å². The van der Waals surface area contributed by atoms with Crippen LogP contribution in [0.15, 0.2) is 36.0 Å². The van der Waals surface area contributed by atoms with Gasteiger partial charge in [0.2, 0.25) is 0 Å². The molecule has 0 bridgehead atoms.